The summed E-state index contributed by atoms with van der Waals surface area (Å²) in [6.07, 6.45) is 1.41. The Bertz CT molecular complexity index is 1070. The van der Waals surface area contributed by atoms with E-state index in [1.54, 1.807) is 14.0 Å². The number of carbonyl (C=O) groups is 1. The zero-order valence-corrected chi connectivity index (χ0v) is 14.5. The van der Waals surface area contributed by atoms with E-state index in [0.29, 0.717) is 5.69 Å². The second-order valence-electron chi connectivity index (χ2n) is 6.06. The maximum absolute atomic E-state index is 12.6. The summed E-state index contributed by atoms with van der Waals surface area (Å²) in [6.45, 7) is 3.64. The molecule has 130 valence electrons. The van der Waals surface area contributed by atoms with Crippen molar-refractivity contribution >= 4 is 22.8 Å². The van der Waals surface area contributed by atoms with Crippen LogP contribution < -0.4 is 16.6 Å². The van der Waals surface area contributed by atoms with Crippen LogP contribution in [0.3, 0.4) is 0 Å². The fourth-order valence-electron chi connectivity index (χ4n) is 2.67. The van der Waals surface area contributed by atoms with Crippen LogP contribution in [0.4, 0.5) is 5.69 Å². The third-order valence-electron chi connectivity index (χ3n) is 4.29. The Morgan fingerprint density at radius 1 is 1.12 bits per heavy atom. The van der Waals surface area contributed by atoms with Crippen LogP contribution in [0.2, 0.25) is 0 Å². The fraction of sp³-hybridized carbons (Fsp3) is 0.294. The molecule has 2 heterocycles. The molecule has 0 aliphatic carbocycles. The Hall–Kier alpha value is -3.16. The normalized spacial score (nSPS) is 12.3. The largest absolute Gasteiger partial charge is 0.332 e. The molecule has 0 bridgehead atoms. The van der Waals surface area contributed by atoms with Gasteiger partial charge in [-0.05, 0) is 26.0 Å². The predicted octanol–water partition coefficient (Wildman–Crippen LogP) is 0.942. The molecule has 1 N–H and O–H groups in total. The van der Waals surface area contributed by atoms with Crippen molar-refractivity contribution in [3.05, 3.63) is 57.0 Å². The lowest BCUT2D eigenvalue weighted by molar-refractivity contribution is -0.118. The topological polar surface area (TPSA) is 90.9 Å². The number of hydrogen-bond donors (Lipinski definition) is 1. The molecule has 8 nitrogen and oxygen atoms in total. The number of imidazole rings is 1. The van der Waals surface area contributed by atoms with Gasteiger partial charge in [0.25, 0.3) is 5.56 Å². The maximum atomic E-state index is 12.6. The summed E-state index contributed by atoms with van der Waals surface area (Å²) in [4.78, 5) is 41.1. The highest BCUT2D eigenvalue weighted by Crippen LogP contribution is 2.16. The molecule has 3 aromatic rings. The number of nitrogens with zero attached hydrogens (tertiary/aromatic N) is 4. The van der Waals surface area contributed by atoms with Crippen LogP contribution in [-0.4, -0.2) is 24.6 Å². The molecule has 2 aromatic heterocycles. The molecule has 1 atom stereocenters. The highest BCUT2D eigenvalue weighted by molar-refractivity contribution is 5.94. The minimum absolute atomic E-state index is 0.219. The standard InChI is InChI=1S/C17H19N5O3/c1-10-5-7-12(8-6-10)19-15(23)11(2)22-9-18-14-13(22)16(24)21(4)17(25)20(14)3/h5-9,11H,1-4H3,(H,19,23)/t11-/m0/s1. The van der Waals surface area contributed by atoms with E-state index in [0.717, 1.165) is 10.1 Å². The number of aryl methyl sites for hydroxylation is 2. The van der Waals surface area contributed by atoms with Crippen molar-refractivity contribution in [2.45, 2.75) is 19.9 Å². The van der Waals surface area contributed by atoms with Crippen LogP contribution >= 0.6 is 0 Å². The summed E-state index contributed by atoms with van der Waals surface area (Å²) in [5, 5.41) is 2.82. The first-order valence-electron chi connectivity index (χ1n) is 7.81. The van der Waals surface area contributed by atoms with Gasteiger partial charge in [-0.2, -0.15) is 0 Å². The Morgan fingerprint density at radius 3 is 2.40 bits per heavy atom. The number of carbonyl (C=O) groups excluding carboxylic acids is 1. The van der Waals surface area contributed by atoms with Crippen LogP contribution in [0.1, 0.15) is 18.5 Å². The highest BCUT2D eigenvalue weighted by Gasteiger charge is 2.21. The first-order valence-corrected chi connectivity index (χ1v) is 7.81. The summed E-state index contributed by atoms with van der Waals surface area (Å²) in [6, 6.07) is 6.76. The molecule has 8 heteroatoms. The minimum Gasteiger partial charge on any atom is -0.324 e. The molecular formula is C17H19N5O3. The third kappa shape index (κ3) is 2.75. The predicted molar refractivity (Wildman–Crippen MR) is 94.7 cm³/mol. The molecule has 25 heavy (non-hydrogen) atoms. The van der Waals surface area contributed by atoms with Gasteiger partial charge in [-0.3, -0.25) is 18.7 Å². The van der Waals surface area contributed by atoms with E-state index >= 15 is 0 Å². The van der Waals surface area contributed by atoms with E-state index in [4.69, 9.17) is 0 Å². The van der Waals surface area contributed by atoms with Crippen LogP contribution in [0.5, 0.6) is 0 Å². The van der Waals surface area contributed by atoms with E-state index in [-0.39, 0.29) is 17.1 Å². The Morgan fingerprint density at radius 2 is 1.76 bits per heavy atom. The van der Waals surface area contributed by atoms with Gasteiger partial charge in [0, 0.05) is 19.8 Å². The zero-order chi connectivity index (χ0) is 18.3. The Kier molecular flexibility index (Phi) is 4.03. The lowest BCUT2D eigenvalue weighted by Crippen LogP contribution is -2.38. The van der Waals surface area contributed by atoms with Crippen molar-refractivity contribution in [1.82, 2.24) is 18.7 Å². The van der Waals surface area contributed by atoms with Gasteiger partial charge < -0.3 is 9.88 Å². The van der Waals surface area contributed by atoms with Gasteiger partial charge in [-0.25, -0.2) is 9.78 Å². The van der Waals surface area contributed by atoms with Gasteiger partial charge in [-0.15, -0.1) is 0 Å². The van der Waals surface area contributed by atoms with Crippen molar-refractivity contribution in [3.8, 4) is 0 Å². The second kappa shape index (κ2) is 6.04. The summed E-state index contributed by atoms with van der Waals surface area (Å²) in [5.74, 6) is -0.279. The van der Waals surface area contributed by atoms with Crippen LogP contribution in [0.25, 0.3) is 11.2 Å². The number of aromatic nitrogens is 4. The number of amides is 1. The maximum Gasteiger partial charge on any atom is 0.332 e. The van der Waals surface area contributed by atoms with Gasteiger partial charge in [0.05, 0.1) is 6.33 Å². The first-order chi connectivity index (χ1) is 11.8. The smallest absolute Gasteiger partial charge is 0.324 e. The van der Waals surface area contributed by atoms with Gasteiger partial charge >= 0.3 is 5.69 Å². The zero-order valence-electron chi connectivity index (χ0n) is 14.5. The number of fused-ring (bicyclic) bond motifs is 1. The molecule has 1 aromatic carbocycles. The molecule has 0 saturated heterocycles. The third-order valence-corrected chi connectivity index (χ3v) is 4.29. The van der Waals surface area contributed by atoms with Gasteiger partial charge in [-0.1, -0.05) is 17.7 Å². The molecule has 0 spiro atoms. The van der Waals surface area contributed by atoms with Crippen molar-refractivity contribution in [1.29, 1.82) is 0 Å². The number of benzene rings is 1. The Balaban J connectivity index is 2.01. The van der Waals surface area contributed by atoms with E-state index in [9.17, 15) is 14.4 Å². The van der Waals surface area contributed by atoms with E-state index in [1.165, 1.54) is 22.5 Å². The number of anilines is 1. The molecule has 0 radical (unpaired) electrons. The lowest BCUT2D eigenvalue weighted by atomic mass is 10.2. The van der Waals surface area contributed by atoms with Gasteiger partial charge in [0.2, 0.25) is 5.91 Å². The highest BCUT2D eigenvalue weighted by atomic mass is 16.2. The molecule has 0 aliphatic rings. The van der Waals surface area contributed by atoms with Gasteiger partial charge in [0.15, 0.2) is 11.2 Å². The van der Waals surface area contributed by atoms with Crippen LogP contribution in [0.15, 0.2) is 40.2 Å². The van der Waals surface area contributed by atoms with Crippen LogP contribution in [0, 0.1) is 6.92 Å². The first kappa shape index (κ1) is 16.7. The van der Waals surface area contributed by atoms with Crippen molar-refractivity contribution in [2.75, 3.05) is 5.32 Å². The van der Waals surface area contributed by atoms with Crippen molar-refractivity contribution in [3.63, 3.8) is 0 Å². The average molecular weight is 341 g/mol. The molecule has 0 unspecified atom stereocenters. The second-order valence-corrected chi connectivity index (χ2v) is 6.06. The van der Waals surface area contributed by atoms with Crippen molar-refractivity contribution in [2.24, 2.45) is 14.1 Å². The molecule has 1 amide bonds. The van der Waals surface area contributed by atoms with Gasteiger partial charge in [0.1, 0.15) is 6.04 Å². The molecule has 0 aliphatic heterocycles. The molecule has 0 fully saturated rings. The molecule has 0 saturated carbocycles. The monoisotopic (exact) mass is 341 g/mol. The van der Waals surface area contributed by atoms with E-state index in [1.807, 2.05) is 31.2 Å². The minimum atomic E-state index is -0.670. The average Bonchev–Trinajstić information content (AvgIpc) is 3.04. The van der Waals surface area contributed by atoms with Crippen molar-refractivity contribution < 1.29 is 4.79 Å². The molecular weight excluding hydrogens is 322 g/mol. The molecule has 3 rings (SSSR count). The number of rotatable bonds is 3. The Labute approximate surface area is 143 Å². The SMILES string of the molecule is Cc1ccc(NC(=O)[C@H](C)n2cnc3c2c(=O)n(C)c(=O)n3C)cc1. The summed E-state index contributed by atoms with van der Waals surface area (Å²) in [5.41, 5.74) is 1.30. The number of hydrogen-bond acceptors (Lipinski definition) is 4. The van der Waals surface area contributed by atoms with Crippen LogP contribution in [-0.2, 0) is 18.9 Å². The summed E-state index contributed by atoms with van der Waals surface area (Å²) in [7, 11) is 2.94. The fourth-order valence-corrected chi connectivity index (χ4v) is 2.67. The number of nitrogens with one attached hydrogen (secondary N) is 1. The summed E-state index contributed by atoms with van der Waals surface area (Å²) < 4.78 is 3.78. The quantitative estimate of drug-likeness (QED) is 0.768. The lowest BCUT2D eigenvalue weighted by Gasteiger charge is -2.15. The summed E-state index contributed by atoms with van der Waals surface area (Å²) >= 11 is 0. The van der Waals surface area contributed by atoms with E-state index < -0.39 is 17.3 Å². The van der Waals surface area contributed by atoms with E-state index in [2.05, 4.69) is 10.3 Å².